The maximum absolute atomic E-state index is 10.4. The second-order valence-electron chi connectivity index (χ2n) is 9.42. The molecular formula is C26H32O14. The summed E-state index contributed by atoms with van der Waals surface area (Å²) in [6, 6.07) is 8.50. The minimum absolute atomic E-state index is 0.149. The summed E-state index contributed by atoms with van der Waals surface area (Å²) in [7, 11) is 0. The molecule has 4 rings (SSSR count). The molecule has 2 aliphatic rings. The van der Waals surface area contributed by atoms with Gasteiger partial charge in [0, 0.05) is 11.6 Å². The van der Waals surface area contributed by atoms with Gasteiger partial charge in [-0.2, -0.15) is 0 Å². The fourth-order valence-corrected chi connectivity index (χ4v) is 4.30. The van der Waals surface area contributed by atoms with Crippen molar-refractivity contribution >= 4 is 12.2 Å². The van der Waals surface area contributed by atoms with Crippen LogP contribution in [0.5, 0.6) is 23.0 Å². The van der Waals surface area contributed by atoms with Gasteiger partial charge >= 0.3 is 0 Å². The number of rotatable bonds is 8. The Bertz CT molecular complexity index is 1150. The van der Waals surface area contributed by atoms with Crippen LogP contribution in [0.4, 0.5) is 0 Å². The molecular weight excluding hydrogens is 536 g/mol. The van der Waals surface area contributed by atoms with Crippen molar-refractivity contribution in [2.45, 2.75) is 61.4 Å². The molecule has 14 nitrogen and oxygen atoms in total. The number of ether oxygens (including phenoxy) is 4. The van der Waals surface area contributed by atoms with E-state index in [1.807, 2.05) is 0 Å². The van der Waals surface area contributed by atoms with Gasteiger partial charge in [0.2, 0.25) is 12.6 Å². The molecule has 14 heteroatoms. The van der Waals surface area contributed by atoms with Gasteiger partial charge in [0.05, 0.1) is 13.2 Å². The predicted molar refractivity (Wildman–Crippen MR) is 134 cm³/mol. The van der Waals surface area contributed by atoms with Crippen LogP contribution in [0.25, 0.3) is 12.2 Å². The van der Waals surface area contributed by atoms with Crippen molar-refractivity contribution in [2.75, 3.05) is 13.2 Å². The number of aliphatic hydroxyl groups is 8. The quantitative estimate of drug-likeness (QED) is 0.150. The van der Waals surface area contributed by atoms with E-state index in [0.29, 0.717) is 5.56 Å². The molecule has 0 unspecified atom stereocenters. The predicted octanol–water partition coefficient (Wildman–Crippen LogP) is -2.37. The second-order valence-corrected chi connectivity index (χ2v) is 9.42. The molecule has 2 fully saturated rings. The molecule has 2 aromatic rings. The van der Waals surface area contributed by atoms with E-state index in [1.54, 1.807) is 18.2 Å². The Hall–Kier alpha value is -3.02. The highest BCUT2D eigenvalue weighted by atomic mass is 16.7. The minimum atomic E-state index is -1.72. The van der Waals surface area contributed by atoms with Gasteiger partial charge in [-0.05, 0) is 23.8 Å². The fraction of sp³-hybridized carbons (Fsp3) is 0.462. The average Bonchev–Trinajstić information content (AvgIpc) is 2.94. The number of aromatic hydroxyl groups is 2. The Morgan fingerprint density at radius 1 is 0.650 bits per heavy atom. The topological polar surface area (TPSA) is 239 Å². The smallest absolute Gasteiger partial charge is 0.229 e. The number of hydrogen-bond donors (Lipinski definition) is 10. The van der Waals surface area contributed by atoms with Crippen molar-refractivity contribution in [2.24, 2.45) is 0 Å². The Balaban J connectivity index is 1.49. The summed E-state index contributed by atoms with van der Waals surface area (Å²) in [5, 5.41) is 99.3. The van der Waals surface area contributed by atoms with Crippen LogP contribution in [-0.4, -0.2) is 126 Å². The first kappa shape index (κ1) is 30.0. The zero-order chi connectivity index (χ0) is 29.1. The zero-order valence-corrected chi connectivity index (χ0v) is 20.9. The monoisotopic (exact) mass is 568 g/mol. The molecule has 10 atom stereocenters. The van der Waals surface area contributed by atoms with Gasteiger partial charge in [-0.3, -0.25) is 0 Å². The van der Waals surface area contributed by atoms with E-state index < -0.39 is 80.4 Å². The van der Waals surface area contributed by atoms with Crippen molar-refractivity contribution in [3.8, 4) is 23.0 Å². The number of aliphatic hydroxyl groups excluding tert-OH is 8. The first-order valence-corrected chi connectivity index (χ1v) is 12.3. The highest BCUT2D eigenvalue weighted by Gasteiger charge is 2.46. The van der Waals surface area contributed by atoms with Crippen LogP contribution in [0.3, 0.4) is 0 Å². The van der Waals surface area contributed by atoms with Crippen LogP contribution in [0, 0.1) is 0 Å². The van der Waals surface area contributed by atoms with E-state index in [1.165, 1.54) is 24.3 Å². The molecule has 0 radical (unpaired) electrons. The second kappa shape index (κ2) is 12.7. The van der Waals surface area contributed by atoms with Gasteiger partial charge in [0.1, 0.15) is 60.3 Å². The van der Waals surface area contributed by atoms with E-state index in [-0.39, 0.29) is 22.8 Å². The molecule has 0 saturated carbocycles. The summed E-state index contributed by atoms with van der Waals surface area (Å²) in [5.74, 6) is -0.800. The largest absolute Gasteiger partial charge is 0.508 e. The lowest BCUT2D eigenvalue weighted by atomic mass is 9.99. The number of phenols is 2. The molecule has 2 heterocycles. The van der Waals surface area contributed by atoms with Crippen molar-refractivity contribution in [3.63, 3.8) is 0 Å². The lowest BCUT2D eigenvalue weighted by molar-refractivity contribution is -0.277. The van der Waals surface area contributed by atoms with E-state index in [0.717, 1.165) is 6.07 Å². The van der Waals surface area contributed by atoms with E-state index >= 15 is 0 Å². The summed E-state index contributed by atoms with van der Waals surface area (Å²) in [5.41, 5.74) is 0.749. The van der Waals surface area contributed by atoms with Gasteiger partial charge in [-0.15, -0.1) is 0 Å². The molecule has 0 bridgehead atoms. The average molecular weight is 569 g/mol. The summed E-state index contributed by atoms with van der Waals surface area (Å²) in [4.78, 5) is 0. The number of phenolic OH excluding ortho intramolecular Hbond substituents is 2. The highest BCUT2D eigenvalue weighted by Crippen LogP contribution is 2.38. The first-order valence-electron chi connectivity index (χ1n) is 12.3. The van der Waals surface area contributed by atoms with Crippen LogP contribution in [0.1, 0.15) is 11.1 Å². The van der Waals surface area contributed by atoms with Crippen molar-refractivity contribution in [1.82, 2.24) is 0 Å². The molecule has 220 valence electrons. The molecule has 10 N–H and O–H groups in total. The first-order chi connectivity index (χ1) is 19.0. The summed E-state index contributed by atoms with van der Waals surface area (Å²) in [6.07, 6.45) is -11.9. The highest BCUT2D eigenvalue weighted by molar-refractivity contribution is 5.75. The Labute approximate surface area is 227 Å². The molecule has 40 heavy (non-hydrogen) atoms. The van der Waals surface area contributed by atoms with Gasteiger partial charge < -0.3 is 70.0 Å². The fourth-order valence-electron chi connectivity index (χ4n) is 4.30. The molecule has 0 aromatic heterocycles. The molecule has 2 saturated heterocycles. The lowest BCUT2D eigenvalue weighted by Gasteiger charge is -2.39. The van der Waals surface area contributed by atoms with Crippen molar-refractivity contribution < 1.29 is 70.0 Å². The van der Waals surface area contributed by atoms with Crippen molar-refractivity contribution in [1.29, 1.82) is 0 Å². The van der Waals surface area contributed by atoms with E-state index in [9.17, 15) is 51.1 Å². The molecule has 2 aliphatic heterocycles. The third kappa shape index (κ3) is 6.31. The van der Waals surface area contributed by atoms with Crippen LogP contribution < -0.4 is 9.47 Å². The third-order valence-corrected chi connectivity index (χ3v) is 6.60. The Morgan fingerprint density at radius 3 is 1.70 bits per heavy atom. The van der Waals surface area contributed by atoms with Gasteiger partial charge in [-0.25, -0.2) is 0 Å². The van der Waals surface area contributed by atoms with Crippen LogP contribution >= 0.6 is 0 Å². The summed E-state index contributed by atoms with van der Waals surface area (Å²) < 4.78 is 21.8. The van der Waals surface area contributed by atoms with Crippen LogP contribution in [0.15, 0.2) is 36.4 Å². The lowest BCUT2D eigenvalue weighted by Crippen LogP contribution is -2.60. The maximum Gasteiger partial charge on any atom is 0.229 e. The molecule has 0 spiro atoms. The van der Waals surface area contributed by atoms with Crippen LogP contribution in [0.2, 0.25) is 0 Å². The third-order valence-electron chi connectivity index (χ3n) is 6.60. The number of benzene rings is 2. The molecule has 0 amide bonds. The van der Waals surface area contributed by atoms with Gasteiger partial charge in [0.15, 0.2) is 11.5 Å². The summed E-state index contributed by atoms with van der Waals surface area (Å²) in [6.45, 7) is -1.27. The minimum Gasteiger partial charge on any atom is -0.508 e. The summed E-state index contributed by atoms with van der Waals surface area (Å²) >= 11 is 0. The Kier molecular flexibility index (Phi) is 9.48. The molecule has 2 aromatic carbocycles. The normalized spacial score (nSPS) is 34.6. The van der Waals surface area contributed by atoms with Gasteiger partial charge in [0.25, 0.3) is 0 Å². The Morgan fingerprint density at radius 2 is 1.18 bits per heavy atom. The SMILES string of the molecule is OC[C@H]1O[C@@H](Oc2ccc(C=Cc3cc(O)cc(O)c3O[C@@H]3O[C@H](CO)[C@@H](O)[C@H](O)[C@H]3O)cc2)[C@H](O)[C@@H](O)[C@@H]1O. The van der Waals surface area contributed by atoms with E-state index in [4.69, 9.17) is 18.9 Å². The molecule has 0 aliphatic carbocycles. The standard InChI is InChI=1S/C26H32O14/c27-9-16-18(31)20(33)22(35)25(38-16)37-14-5-2-11(3-6-14)1-4-12-7-13(29)8-15(30)24(12)40-26-23(36)21(34)19(32)17(10-28)39-26/h1-8,16-23,25-36H,9-10H2/t16-,17-,18-,19-,20+,21+,22-,23-,25-,26+/m1/s1. The number of hydrogen-bond acceptors (Lipinski definition) is 14. The maximum atomic E-state index is 10.4. The van der Waals surface area contributed by atoms with Crippen molar-refractivity contribution in [3.05, 3.63) is 47.5 Å². The van der Waals surface area contributed by atoms with Crippen LogP contribution in [-0.2, 0) is 9.47 Å². The van der Waals surface area contributed by atoms with Gasteiger partial charge in [-0.1, -0.05) is 24.3 Å². The van der Waals surface area contributed by atoms with E-state index in [2.05, 4.69) is 0 Å². The zero-order valence-electron chi connectivity index (χ0n) is 20.9.